The molecule has 0 unspecified atom stereocenters. The van der Waals surface area contributed by atoms with Crippen LogP contribution in [0.15, 0.2) is 29.4 Å². The van der Waals surface area contributed by atoms with E-state index in [4.69, 9.17) is 17.3 Å². The molecule has 0 aliphatic rings. The third kappa shape index (κ3) is 3.27. The molecule has 108 valence electrons. The van der Waals surface area contributed by atoms with E-state index in [0.717, 1.165) is 0 Å². The number of benzene rings is 1. The molecule has 9 heteroatoms. The number of nitrogens with two attached hydrogens (primary N) is 1. The van der Waals surface area contributed by atoms with Gasteiger partial charge >= 0.3 is 0 Å². The molecule has 1 aromatic heterocycles. The fraction of sp³-hybridized carbons (Fsp3) is 0.273. The van der Waals surface area contributed by atoms with Gasteiger partial charge in [-0.05, 0) is 24.6 Å². The number of aromatic nitrogens is 3. The highest BCUT2D eigenvalue weighted by Crippen LogP contribution is 2.25. The van der Waals surface area contributed by atoms with Gasteiger partial charge in [0.05, 0.1) is 17.6 Å². The molecule has 2 aromatic rings. The second-order valence-corrected chi connectivity index (χ2v) is 6.35. The van der Waals surface area contributed by atoms with Gasteiger partial charge < -0.3 is 5.73 Å². The summed E-state index contributed by atoms with van der Waals surface area (Å²) in [7, 11) is -3.67. The van der Waals surface area contributed by atoms with E-state index < -0.39 is 10.0 Å². The molecule has 3 N–H and O–H groups in total. The Morgan fingerprint density at radius 3 is 2.85 bits per heavy atom. The van der Waals surface area contributed by atoms with Crippen molar-refractivity contribution in [2.75, 3.05) is 12.3 Å². The summed E-state index contributed by atoms with van der Waals surface area (Å²) in [6.45, 7) is 2.21. The number of hydrogen-bond donors (Lipinski definition) is 2. The summed E-state index contributed by atoms with van der Waals surface area (Å²) < 4.78 is 28.4. The predicted molar refractivity (Wildman–Crippen MR) is 75.8 cm³/mol. The lowest BCUT2D eigenvalue weighted by Gasteiger charge is -2.11. The van der Waals surface area contributed by atoms with E-state index in [2.05, 4.69) is 15.0 Å². The Balaban J connectivity index is 2.14. The van der Waals surface area contributed by atoms with Crippen LogP contribution in [-0.2, 0) is 16.6 Å². The Morgan fingerprint density at radius 2 is 2.20 bits per heavy atom. The molecular weight excluding hydrogens is 302 g/mol. The van der Waals surface area contributed by atoms with Crippen molar-refractivity contribution < 1.29 is 8.42 Å². The van der Waals surface area contributed by atoms with Crippen molar-refractivity contribution >= 4 is 27.3 Å². The summed E-state index contributed by atoms with van der Waals surface area (Å²) in [5.74, 6) is 0. The first-order valence-electron chi connectivity index (χ1n) is 5.79. The molecule has 1 heterocycles. The predicted octanol–water partition coefficient (Wildman–Crippen LogP) is 0.801. The average molecular weight is 316 g/mol. The van der Waals surface area contributed by atoms with E-state index in [-0.39, 0.29) is 16.5 Å². The van der Waals surface area contributed by atoms with Crippen molar-refractivity contribution in [3.63, 3.8) is 0 Å². The van der Waals surface area contributed by atoms with Gasteiger partial charge in [0, 0.05) is 23.5 Å². The van der Waals surface area contributed by atoms with Gasteiger partial charge in [0.1, 0.15) is 0 Å². The first-order valence-corrected chi connectivity index (χ1v) is 7.65. The van der Waals surface area contributed by atoms with Gasteiger partial charge in [-0.2, -0.15) is 0 Å². The minimum atomic E-state index is -3.67. The van der Waals surface area contributed by atoms with Gasteiger partial charge in [-0.25, -0.2) is 13.1 Å². The number of halogens is 1. The summed E-state index contributed by atoms with van der Waals surface area (Å²) >= 11 is 5.85. The van der Waals surface area contributed by atoms with Gasteiger partial charge in [-0.15, -0.1) is 5.10 Å². The normalized spacial score (nSPS) is 11.7. The average Bonchev–Trinajstić information content (AvgIpc) is 2.86. The number of sulfonamides is 1. The topological polar surface area (TPSA) is 103 Å². The summed E-state index contributed by atoms with van der Waals surface area (Å²) in [4.78, 5) is 0.0843. The Kier molecular flexibility index (Phi) is 4.26. The highest BCUT2D eigenvalue weighted by Gasteiger charge is 2.18. The molecule has 0 atom stereocenters. The Bertz CT molecular complexity index is 700. The second-order valence-electron chi connectivity index (χ2n) is 4.18. The van der Waals surface area contributed by atoms with Crippen LogP contribution in [0.1, 0.15) is 5.56 Å². The van der Waals surface area contributed by atoms with E-state index in [1.54, 1.807) is 13.1 Å². The minimum absolute atomic E-state index is 0.0843. The first kappa shape index (κ1) is 14.8. The molecule has 7 nitrogen and oxygen atoms in total. The van der Waals surface area contributed by atoms with Crippen molar-refractivity contribution in [1.82, 2.24) is 19.7 Å². The highest BCUT2D eigenvalue weighted by atomic mass is 35.5. The van der Waals surface area contributed by atoms with Gasteiger partial charge in [0.15, 0.2) is 0 Å². The highest BCUT2D eigenvalue weighted by molar-refractivity contribution is 7.89. The lowest BCUT2D eigenvalue weighted by Crippen LogP contribution is -2.28. The molecule has 0 radical (unpaired) electrons. The van der Waals surface area contributed by atoms with Crippen molar-refractivity contribution in [3.05, 3.63) is 35.1 Å². The van der Waals surface area contributed by atoms with Crippen LogP contribution in [-0.4, -0.2) is 30.0 Å². The van der Waals surface area contributed by atoms with Crippen LogP contribution in [0.5, 0.6) is 0 Å². The fourth-order valence-corrected chi connectivity index (χ4v) is 3.29. The zero-order valence-electron chi connectivity index (χ0n) is 10.7. The molecular formula is C11H14ClN5O2S. The van der Waals surface area contributed by atoms with Crippen LogP contribution < -0.4 is 10.5 Å². The molecule has 1 aromatic carbocycles. The third-order valence-corrected chi connectivity index (χ3v) is 4.56. The molecule has 0 bridgehead atoms. The summed E-state index contributed by atoms with van der Waals surface area (Å²) in [6, 6.07) is 2.90. The van der Waals surface area contributed by atoms with Crippen molar-refractivity contribution in [2.45, 2.75) is 18.4 Å². The van der Waals surface area contributed by atoms with Gasteiger partial charge in [-0.3, -0.25) is 4.68 Å². The Labute approximate surface area is 121 Å². The maximum Gasteiger partial charge on any atom is 0.241 e. The third-order valence-electron chi connectivity index (χ3n) is 2.76. The number of nitrogen functional groups attached to an aromatic ring is 1. The lowest BCUT2D eigenvalue weighted by atomic mass is 10.2. The smallest absolute Gasteiger partial charge is 0.241 e. The molecule has 0 spiro atoms. The summed E-state index contributed by atoms with van der Waals surface area (Å²) in [5.41, 5.74) is 6.54. The molecule has 0 aliphatic carbocycles. The number of nitrogens with zero attached hydrogens (tertiary/aromatic N) is 3. The summed E-state index contributed by atoms with van der Waals surface area (Å²) in [6.07, 6.45) is 3.17. The number of anilines is 1. The number of nitrogens with one attached hydrogen (secondary N) is 1. The maximum atomic E-state index is 12.2. The standard InChI is InChI=1S/C11H14ClN5O2S/c1-8-10(13)6-9(12)7-11(8)20(18,19)15-3-5-17-4-2-14-16-17/h2,4,6-7,15H,3,5,13H2,1H3. The largest absolute Gasteiger partial charge is 0.398 e. The van der Waals surface area contributed by atoms with Gasteiger partial charge in [0.2, 0.25) is 10.0 Å². The zero-order chi connectivity index (χ0) is 14.8. The second kappa shape index (κ2) is 5.78. The molecule has 0 amide bonds. The van der Waals surface area contributed by atoms with Crippen molar-refractivity contribution in [1.29, 1.82) is 0 Å². The van der Waals surface area contributed by atoms with Crippen LogP contribution in [0.2, 0.25) is 5.02 Å². The first-order chi connectivity index (χ1) is 9.40. The van der Waals surface area contributed by atoms with E-state index in [1.807, 2.05) is 0 Å². The van der Waals surface area contributed by atoms with Crippen LogP contribution in [0.4, 0.5) is 5.69 Å². The van der Waals surface area contributed by atoms with Crippen LogP contribution >= 0.6 is 11.6 Å². The van der Waals surface area contributed by atoms with Crippen LogP contribution in [0, 0.1) is 6.92 Å². The molecule has 0 fully saturated rings. The maximum absolute atomic E-state index is 12.2. The van der Waals surface area contributed by atoms with Gasteiger partial charge in [0.25, 0.3) is 0 Å². The van der Waals surface area contributed by atoms with E-state index in [1.165, 1.54) is 23.0 Å². The van der Waals surface area contributed by atoms with Crippen molar-refractivity contribution in [3.8, 4) is 0 Å². The SMILES string of the molecule is Cc1c(N)cc(Cl)cc1S(=O)(=O)NCCn1ccnn1. The van der Waals surface area contributed by atoms with Gasteiger partial charge in [-0.1, -0.05) is 16.8 Å². The molecule has 0 saturated heterocycles. The van der Waals surface area contributed by atoms with Crippen LogP contribution in [0.3, 0.4) is 0 Å². The van der Waals surface area contributed by atoms with Crippen LogP contribution in [0.25, 0.3) is 0 Å². The van der Waals surface area contributed by atoms with E-state index in [0.29, 0.717) is 17.8 Å². The minimum Gasteiger partial charge on any atom is -0.398 e. The van der Waals surface area contributed by atoms with E-state index >= 15 is 0 Å². The lowest BCUT2D eigenvalue weighted by molar-refractivity contribution is 0.552. The Hall–Kier alpha value is -1.64. The Morgan fingerprint density at radius 1 is 1.45 bits per heavy atom. The molecule has 20 heavy (non-hydrogen) atoms. The molecule has 2 rings (SSSR count). The zero-order valence-corrected chi connectivity index (χ0v) is 12.3. The monoisotopic (exact) mass is 315 g/mol. The van der Waals surface area contributed by atoms with Crippen molar-refractivity contribution in [2.24, 2.45) is 0 Å². The fourth-order valence-electron chi connectivity index (χ4n) is 1.68. The summed E-state index contributed by atoms with van der Waals surface area (Å²) in [5, 5.41) is 7.66. The van der Waals surface area contributed by atoms with E-state index in [9.17, 15) is 8.42 Å². The molecule has 0 aliphatic heterocycles. The quantitative estimate of drug-likeness (QED) is 0.794. The number of hydrogen-bond acceptors (Lipinski definition) is 5. The number of rotatable bonds is 5. The molecule has 0 saturated carbocycles.